The van der Waals surface area contributed by atoms with Crippen LogP contribution in [0.1, 0.15) is 26.0 Å². The number of nitrogens with zero attached hydrogens (tertiary/aromatic N) is 1. The van der Waals surface area contributed by atoms with Crippen LogP contribution in [0.15, 0.2) is 47.1 Å². The fourth-order valence-electron chi connectivity index (χ4n) is 2.28. The molecule has 2 aromatic rings. The van der Waals surface area contributed by atoms with Crippen LogP contribution in [0, 0.1) is 0 Å². The van der Waals surface area contributed by atoms with Crippen molar-refractivity contribution in [2.24, 2.45) is 0 Å². The van der Waals surface area contributed by atoms with Crippen molar-refractivity contribution in [3.63, 3.8) is 0 Å². The van der Waals surface area contributed by atoms with E-state index in [9.17, 15) is 13.2 Å². The Labute approximate surface area is 154 Å². The third-order valence-electron chi connectivity index (χ3n) is 3.48. The predicted molar refractivity (Wildman–Crippen MR) is 99.4 cm³/mol. The van der Waals surface area contributed by atoms with Crippen molar-refractivity contribution in [3.8, 4) is 5.75 Å². The van der Waals surface area contributed by atoms with Gasteiger partial charge in [0, 0.05) is 18.7 Å². The molecule has 2 rings (SSSR count). The average molecular weight is 380 g/mol. The molecule has 0 bridgehead atoms. The average Bonchev–Trinajstić information content (AvgIpc) is 3.05. The molecule has 1 aromatic carbocycles. The summed E-state index contributed by atoms with van der Waals surface area (Å²) in [5, 5.41) is 2.75. The van der Waals surface area contributed by atoms with Crippen molar-refractivity contribution in [1.29, 1.82) is 0 Å². The van der Waals surface area contributed by atoms with Gasteiger partial charge in [0.1, 0.15) is 11.5 Å². The van der Waals surface area contributed by atoms with Crippen LogP contribution >= 0.6 is 0 Å². The Kier molecular flexibility index (Phi) is 6.82. The van der Waals surface area contributed by atoms with Gasteiger partial charge in [-0.2, -0.15) is 4.31 Å². The zero-order valence-electron chi connectivity index (χ0n) is 15.1. The Bertz CT molecular complexity index is 799. The van der Waals surface area contributed by atoms with Crippen LogP contribution in [0.3, 0.4) is 0 Å². The summed E-state index contributed by atoms with van der Waals surface area (Å²) in [6.45, 7) is 4.04. The minimum Gasteiger partial charge on any atom is -0.491 e. The van der Waals surface area contributed by atoms with Crippen LogP contribution in [-0.4, -0.2) is 37.5 Å². The molecule has 0 aliphatic rings. The summed E-state index contributed by atoms with van der Waals surface area (Å²) >= 11 is 0. The van der Waals surface area contributed by atoms with Crippen molar-refractivity contribution < 1.29 is 22.4 Å². The number of sulfonamides is 1. The molecular formula is C18H24N2O5S. The highest BCUT2D eigenvalue weighted by Gasteiger charge is 2.19. The van der Waals surface area contributed by atoms with Crippen molar-refractivity contribution in [2.75, 3.05) is 18.1 Å². The third kappa shape index (κ3) is 6.53. The zero-order chi connectivity index (χ0) is 19.2. The van der Waals surface area contributed by atoms with Gasteiger partial charge in [-0.3, -0.25) is 4.79 Å². The summed E-state index contributed by atoms with van der Waals surface area (Å²) in [6, 6.07) is 10.4. The second kappa shape index (κ2) is 8.86. The van der Waals surface area contributed by atoms with E-state index in [-0.39, 0.29) is 31.5 Å². The molecule has 0 unspecified atom stereocenters. The smallest absolute Gasteiger partial charge is 0.225 e. The fraction of sp³-hybridized carbons (Fsp3) is 0.389. The Morgan fingerprint density at radius 1 is 1.23 bits per heavy atom. The Morgan fingerprint density at radius 3 is 2.46 bits per heavy atom. The number of hydrogen-bond donors (Lipinski definition) is 1. The van der Waals surface area contributed by atoms with Crippen molar-refractivity contribution in [1.82, 2.24) is 4.31 Å². The van der Waals surface area contributed by atoms with E-state index in [1.807, 2.05) is 13.8 Å². The number of rotatable bonds is 9. The van der Waals surface area contributed by atoms with Crippen LogP contribution in [0.5, 0.6) is 5.75 Å². The first-order valence-corrected chi connectivity index (χ1v) is 10.1. The molecule has 142 valence electrons. The van der Waals surface area contributed by atoms with E-state index < -0.39 is 10.0 Å². The molecule has 0 fully saturated rings. The standard InChI is InChI=1S/C18H24N2O5S/c1-14(2)25-16-8-6-15(7-9-16)19-18(21)10-11-20(26(3,22)23)13-17-5-4-12-24-17/h4-9,12,14H,10-11,13H2,1-3H3,(H,19,21). The molecule has 0 saturated heterocycles. The number of anilines is 1. The normalized spacial score (nSPS) is 11.7. The molecule has 0 radical (unpaired) electrons. The van der Waals surface area contributed by atoms with Gasteiger partial charge in [0.15, 0.2) is 0 Å². The van der Waals surface area contributed by atoms with Crippen LogP contribution in [-0.2, 0) is 21.4 Å². The SMILES string of the molecule is CC(C)Oc1ccc(NC(=O)CCN(Cc2ccco2)S(C)(=O)=O)cc1. The molecule has 0 spiro atoms. The number of hydrogen-bond acceptors (Lipinski definition) is 5. The largest absolute Gasteiger partial charge is 0.491 e. The van der Waals surface area contributed by atoms with Gasteiger partial charge in [-0.05, 0) is 50.2 Å². The number of benzene rings is 1. The Morgan fingerprint density at radius 2 is 1.92 bits per heavy atom. The number of ether oxygens (including phenoxy) is 1. The topological polar surface area (TPSA) is 88.8 Å². The molecular weight excluding hydrogens is 356 g/mol. The molecule has 0 saturated carbocycles. The molecule has 1 N–H and O–H groups in total. The minimum atomic E-state index is -3.45. The van der Waals surface area contributed by atoms with Gasteiger partial charge in [-0.25, -0.2) is 8.42 Å². The van der Waals surface area contributed by atoms with Gasteiger partial charge in [0.25, 0.3) is 0 Å². The summed E-state index contributed by atoms with van der Waals surface area (Å²) < 4.78 is 35.7. The van der Waals surface area contributed by atoms with Gasteiger partial charge in [0.2, 0.25) is 15.9 Å². The van der Waals surface area contributed by atoms with E-state index >= 15 is 0 Å². The second-order valence-corrected chi connectivity index (χ2v) is 8.15. The van der Waals surface area contributed by atoms with E-state index in [0.29, 0.717) is 11.4 Å². The first kappa shape index (κ1) is 20.0. The first-order valence-electron chi connectivity index (χ1n) is 8.28. The number of amides is 1. The minimum absolute atomic E-state index is 0.0397. The molecule has 1 amide bonds. The first-order chi connectivity index (χ1) is 12.2. The van der Waals surface area contributed by atoms with E-state index in [0.717, 1.165) is 12.0 Å². The van der Waals surface area contributed by atoms with E-state index in [4.69, 9.17) is 9.15 Å². The lowest BCUT2D eigenvalue weighted by atomic mass is 10.3. The summed E-state index contributed by atoms with van der Waals surface area (Å²) in [5.74, 6) is 0.979. The monoisotopic (exact) mass is 380 g/mol. The number of carbonyl (C=O) groups excluding carboxylic acids is 1. The summed E-state index contributed by atoms with van der Waals surface area (Å²) in [5.41, 5.74) is 0.628. The molecule has 0 aliphatic carbocycles. The van der Waals surface area contributed by atoms with Gasteiger partial charge in [-0.15, -0.1) is 0 Å². The molecule has 1 aromatic heterocycles. The van der Waals surface area contributed by atoms with Crippen LogP contribution in [0.4, 0.5) is 5.69 Å². The second-order valence-electron chi connectivity index (χ2n) is 6.17. The van der Waals surface area contributed by atoms with Crippen molar-refractivity contribution in [3.05, 3.63) is 48.4 Å². The van der Waals surface area contributed by atoms with Gasteiger partial charge in [-0.1, -0.05) is 0 Å². The van der Waals surface area contributed by atoms with Gasteiger partial charge in [0.05, 0.1) is 25.2 Å². The summed E-state index contributed by atoms with van der Waals surface area (Å²) in [7, 11) is -3.45. The lowest BCUT2D eigenvalue weighted by molar-refractivity contribution is -0.116. The number of furan rings is 1. The summed E-state index contributed by atoms with van der Waals surface area (Å²) in [6.07, 6.45) is 2.71. The lowest BCUT2D eigenvalue weighted by Crippen LogP contribution is -2.32. The molecule has 26 heavy (non-hydrogen) atoms. The van der Waals surface area contributed by atoms with Gasteiger partial charge >= 0.3 is 0 Å². The Balaban J connectivity index is 1.89. The maximum absolute atomic E-state index is 12.1. The van der Waals surface area contributed by atoms with Crippen LogP contribution < -0.4 is 10.1 Å². The molecule has 0 atom stereocenters. The Hall–Kier alpha value is -2.32. The number of carbonyl (C=O) groups is 1. The highest BCUT2D eigenvalue weighted by atomic mass is 32.2. The third-order valence-corrected chi connectivity index (χ3v) is 4.73. The molecule has 1 heterocycles. The number of nitrogens with one attached hydrogen (secondary N) is 1. The van der Waals surface area contributed by atoms with Crippen molar-refractivity contribution in [2.45, 2.75) is 32.9 Å². The maximum Gasteiger partial charge on any atom is 0.225 e. The molecule has 7 nitrogen and oxygen atoms in total. The maximum atomic E-state index is 12.1. The zero-order valence-corrected chi connectivity index (χ0v) is 16.0. The predicted octanol–water partition coefficient (Wildman–Crippen LogP) is 2.86. The van der Waals surface area contributed by atoms with Gasteiger partial charge < -0.3 is 14.5 Å². The molecule has 0 aliphatic heterocycles. The van der Waals surface area contributed by atoms with E-state index in [2.05, 4.69) is 5.32 Å². The van der Waals surface area contributed by atoms with E-state index in [1.54, 1.807) is 36.4 Å². The molecule has 8 heteroatoms. The highest BCUT2D eigenvalue weighted by molar-refractivity contribution is 7.88. The fourth-order valence-corrected chi connectivity index (χ4v) is 3.06. The van der Waals surface area contributed by atoms with Crippen molar-refractivity contribution >= 4 is 21.6 Å². The quantitative estimate of drug-likeness (QED) is 0.723. The van der Waals surface area contributed by atoms with Crippen LogP contribution in [0.2, 0.25) is 0 Å². The van der Waals surface area contributed by atoms with E-state index in [1.165, 1.54) is 10.6 Å². The summed E-state index contributed by atoms with van der Waals surface area (Å²) in [4.78, 5) is 12.1. The van der Waals surface area contributed by atoms with Crippen LogP contribution in [0.25, 0.3) is 0 Å². The lowest BCUT2D eigenvalue weighted by Gasteiger charge is -2.18. The highest BCUT2D eigenvalue weighted by Crippen LogP contribution is 2.17.